The summed E-state index contributed by atoms with van der Waals surface area (Å²) < 4.78 is 25.6. The summed E-state index contributed by atoms with van der Waals surface area (Å²) in [5.74, 6) is 0.961. The molecule has 4 aliphatic rings. The van der Waals surface area contributed by atoms with E-state index < -0.39 is 6.17 Å². The number of halogens is 2. The highest BCUT2D eigenvalue weighted by Crippen LogP contribution is 2.47. The third kappa shape index (κ3) is 6.39. The highest BCUT2D eigenvalue weighted by Gasteiger charge is 2.45. The van der Waals surface area contributed by atoms with Gasteiger partial charge in [-0.05, 0) is 68.7 Å². The zero-order chi connectivity index (χ0) is 23.4. The van der Waals surface area contributed by atoms with E-state index in [4.69, 9.17) is 26.8 Å². The maximum absolute atomic E-state index is 14.0. The van der Waals surface area contributed by atoms with E-state index in [0.717, 1.165) is 71.4 Å². The van der Waals surface area contributed by atoms with Gasteiger partial charge >= 0.3 is 0 Å². The molecule has 192 valence electrons. The van der Waals surface area contributed by atoms with Crippen LogP contribution in [0.2, 0.25) is 0 Å². The Bertz CT molecular complexity index is 595. The summed E-state index contributed by atoms with van der Waals surface area (Å²) in [5.41, 5.74) is 6.24. The standard InChI is InChI=1S/C24H45ClFN5O2/c1-16-19(28-10-7-20(16)32-2)14-31(22-13-21(25)29-23(27)30-22)15-24(8-11-33-12-9-24)17-3-5-18(26)6-4-17/h16-23,28-30H,3-15,27H2,1-2H3. The molecule has 33 heavy (non-hydrogen) atoms. The van der Waals surface area contributed by atoms with Crippen LogP contribution in [0.4, 0.5) is 4.39 Å². The molecule has 3 saturated heterocycles. The van der Waals surface area contributed by atoms with E-state index in [0.29, 0.717) is 30.7 Å². The van der Waals surface area contributed by atoms with Crippen LogP contribution in [-0.4, -0.2) is 81.1 Å². The van der Waals surface area contributed by atoms with Gasteiger partial charge in [-0.1, -0.05) is 6.92 Å². The van der Waals surface area contributed by atoms with Gasteiger partial charge in [-0.2, -0.15) is 0 Å². The molecule has 0 spiro atoms. The third-order valence-electron chi connectivity index (χ3n) is 8.92. The molecule has 1 aliphatic carbocycles. The lowest BCUT2D eigenvalue weighted by Gasteiger charge is -2.51. The van der Waals surface area contributed by atoms with Crippen LogP contribution in [0.5, 0.6) is 0 Å². The van der Waals surface area contributed by atoms with Crippen molar-refractivity contribution in [2.24, 2.45) is 23.0 Å². The second-order valence-electron chi connectivity index (χ2n) is 10.9. The van der Waals surface area contributed by atoms with Crippen LogP contribution in [0.15, 0.2) is 0 Å². The van der Waals surface area contributed by atoms with Gasteiger partial charge in [-0.15, -0.1) is 11.6 Å². The largest absolute Gasteiger partial charge is 0.381 e. The Labute approximate surface area is 204 Å². The van der Waals surface area contributed by atoms with Crippen molar-refractivity contribution < 1.29 is 13.9 Å². The first-order valence-corrected chi connectivity index (χ1v) is 13.5. The van der Waals surface area contributed by atoms with Crippen LogP contribution >= 0.6 is 11.6 Å². The lowest BCUT2D eigenvalue weighted by atomic mass is 9.64. The maximum atomic E-state index is 14.0. The van der Waals surface area contributed by atoms with E-state index in [1.807, 2.05) is 7.11 Å². The molecule has 3 heterocycles. The van der Waals surface area contributed by atoms with Crippen LogP contribution in [0, 0.1) is 17.3 Å². The molecule has 0 amide bonds. The third-order valence-corrected chi connectivity index (χ3v) is 9.23. The van der Waals surface area contributed by atoms with E-state index in [2.05, 4.69) is 27.8 Å². The van der Waals surface area contributed by atoms with Crippen LogP contribution in [0.1, 0.15) is 58.3 Å². The van der Waals surface area contributed by atoms with Crippen molar-refractivity contribution in [3.63, 3.8) is 0 Å². The Morgan fingerprint density at radius 3 is 2.55 bits per heavy atom. The zero-order valence-electron chi connectivity index (χ0n) is 20.4. The summed E-state index contributed by atoms with van der Waals surface area (Å²) in [4.78, 5) is 2.59. The first-order valence-electron chi connectivity index (χ1n) is 13.0. The molecule has 3 aliphatic heterocycles. The van der Waals surface area contributed by atoms with Gasteiger partial charge in [0.15, 0.2) is 0 Å². The fourth-order valence-corrected chi connectivity index (χ4v) is 7.12. The minimum Gasteiger partial charge on any atom is -0.381 e. The number of piperidine rings is 1. The van der Waals surface area contributed by atoms with E-state index in [1.54, 1.807) is 0 Å². The first-order chi connectivity index (χ1) is 15.9. The lowest BCUT2D eigenvalue weighted by molar-refractivity contribution is -0.0704. The van der Waals surface area contributed by atoms with Gasteiger partial charge < -0.3 is 20.5 Å². The van der Waals surface area contributed by atoms with Crippen molar-refractivity contribution in [1.82, 2.24) is 20.9 Å². The molecule has 0 aromatic rings. The topological polar surface area (TPSA) is 83.8 Å². The van der Waals surface area contributed by atoms with E-state index >= 15 is 0 Å². The normalized spacial score (nSPS) is 42.4. The van der Waals surface area contributed by atoms with E-state index in [1.165, 1.54) is 0 Å². The Morgan fingerprint density at radius 1 is 1.15 bits per heavy atom. The Morgan fingerprint density at radius 2 is 1.88 bits per heavy atom. The SMILES string of the molecule is COC1CCNC(CN(CC2(C3CCC(F)CC3)CCOCC2)C2CC(Cl)NC(N)N2)C1C. The zero-order valence-corrected chi connectivity index (χ0v) is 21.2. The van der Waals surface area contributed by atoms with Crippen molar-refractivity contribution in [2.75, 3.05) is 40.0 Å². The number of hydrogen-bond acceptors (Lipinski definition) is 7. The Kier molecular flexibility index (Phi) is 9.29. The first kappa shape index (κ1) is 26.0. The van der Waals surface area contributed by atoms with Gasteiger partial charge in [0, 0.05) is 45.9 Å². The number of rotatable bonds is 7. The number of nitrogens with two attached hydrogens (primary N) is 1. The molecule has 0 bridgehead atoms. The lowest BCUT2D eigenvalue weighted by Crippen LogP contribution is -2.68. The smallest absolute Gasteiger partial charge is 0.111 e. The highest BCUT2D eigenvalue weighted by atomic mass is 35.5. The molecule has 4 rings (SSSR count). The van der Waals surface area contributed by atoms with Gasteiger partial charge in [0.2, 0.25) is 0 Å². The predicted molar refractivity (Wildman–Crippen MR) is 130 cm³/mol. The molecular formula is C24H45ClFN5O2. The molecule has 9 heteroatoms. The summed E-state index contributed by atoms with van der Waals surface area (Å²) in [5, 5.41) is 10.5. The van der Waals surface area contributed by atoms with Crippen molar-refractivity contribution >= 4 is 11.6 Å². The van der Waals surface area contributed by atoms with Crippen molar-refractivity contribution in [1.29, 1.82) is 0 Å². The number of nitrogens with zero attached hydrogens (tertiary/aromatic N) is 1. The average Bonchev–Trinajstić information content (AvgIpc) is 2.80. The highest BCUT2D eigenvalue weighted by molar-refractivity contribution is 6.20. The monoisotopic (exact) mass is 489 g/mol. The van der Waals surface area contributed by atoms with Gasteiger partial charge in [-0.3, -0.25) is 15.5 Å². The summed E-state index contributed by atoms with van der Waals surface area (Å²) >= 11 is 6.55. The fourth-order valence-electron chi connectivity index (χ4n) is 6.82. The molecule has 1 saturated carbocycles. The van der Waals surface area contributed by atoms with Crippen LogP contribution in [0.3, 0.4) is 0 Å². The molecule has 7 nitrogen and oxygen atoms in total. The maximum Gasteiger partial charge on any atom is 0.111 e. The second-order valence-corrected chi connectivity index (χ2v) is 11.4. The van der Waals surface area contributed by atoms with Crippen molar-refractivity contribution in [3.8, 4) is 0 Å². The molecule has 5 N–H and O–H groups in total. The van der Waals surface area contributed by atoms with Crippen molar-refractivity contribution in [3.05, 3.63) is 0 Å². The molecule has 4 fully saturated rings. The number of methoxy groups -OCH3 is 1. The van der Waals surface area contributed by atoms with Crippen molar-refractivity contribution in [2.45, 2.75) is 94.6 Å². The van der Waals surface area contributed by atoms with Gasteiger partial charge in [0.1, 0.15) is 12.5 Å². The fraction of sp³-hybridized carbons (Fsp3) is 1.00. The number of nitrogens with one attached hydrogen (secondary N) is 3. The Balaban J connectivity index is 1.55. The minimum atomic E-state index is -0.631. The summed E-state index contributed by atoms with van der Waals surface area (Å²) in [6.45, 7) is 6.74. The van der Waals surface area contributed by atoms with Crippen LogP contribution < -0.4 is 21.7 Å². The summed E-state index contributed by atoms with van der Waals surface area (Å²) in [7, 11) is 1.82. The second kappa shape index (κ2) is 11.8. The summed E-state index contributed by atoms with van der Waals surface area (Å²) in [6, 6.07) is 0.337. The molecule has 0 aromatic heterocycles. The number of hydrogen-bond donors (Lipinski definition) is 4. The van der Waals surface area contributed by atoms with Crippen LogP contribution in [0.25, 0.3) is 0 Å². The minimum absolute atomic E-state index is 0.0953. The summed E-state index contributed by atoms with van der Waals surface area (Å²) in [6.07, 6.45) is 6.69. The number of ether oxygens (including phenoxy) is 2. The number of alkyl halides is 2. The molecule has 6 atom stereocenters. The molecule has 0 aromatic carbocycles. The van der Waals surface area contributed by atoms with Gasteiger partial charge in [0.05, 0.1) is 17.8 Å². The Hall–Kier alpha value is -0.0600. The van der Waals surface area contributed by atoms with E-state index in [9.17, 15) is 4.39 Å². The van der Waals surface area contributed by atoms with Gasteiger partial charge in [-0.25, -0.2) is 4.39 Å². The van der Waals surface area contributed by atoms with Gasteiger partial charge in [0.25, 0.3) is 0 Å². The van der Waals surface area contributed by atoms with E-state index in [-0.39, 0.29) is 29.5 Å². The predicted octanol–water partition coefficient (Wildman–Crippen LogP) is 2.34. The van der Waals surface area contributed by atoms with Crippen LogP contribution in [-0.2, 0) is 9.47 Å². The average molecular weight is 490 g/mol. The molecule has 0 radical (unpaired) electrons. The molecular weight excluding hydrogens is 445 g/mol. The quantitative estimate of drug-likeness (QED) is 0.322. The molecule has 6 unspecified atom stereocenters.